The van der Waals surface area contributed by atoms with Gasteiger partial charge in [-0.15, -0.1) is 0 Å². The molecule has 0 aliphatic heterocycles. The van der Waals surface area contributed by atoms with Crippen LogP contribution in [0.2, 0.25) is 0 Å². The standard InChI is InChI=1S/C15H13BrO2/c1-18-15(17)14-8-6-13(7-9-14)12-4-2-11(10-16)3-5-12/h2-9H,10H2,1H3. The quantitative estimate of drug-likeness (QED) is 0.632. The first-order valence-electron chi connectivity index (χ1n) is 5.58. The topological polar surface area (TPSA) is 26.3 Å². The van der Waals surface area contributed by atoms with Crippen molar-refractivity contribution in [2.24, 2.45) is 0 Å². The Labute approximate surface area is 115 Å². The zero-order chi connectivity index (χ0) is 13.0. The summed E-state index contributed by atoms with van der Waals surface area (Å²) in [7, 11) is 1.38. The van der Waals surface area contributed by atoms with Gasteiger partial charge in [0.15, 0.2) is 0 Å². The molecular formula is C15H13BrO2. The molecule has 0 aliphatic rings. The van der Waals surface area contributed by atoms with Gasteiger partial charge in [0.1, 0.15) is 0 Å². The first kappa shape index (κ1) is 12.8. The third-order valence-corrected chi connectivity index (χ3v) is 3.40. The molecule has 0 atom stereocenters. The number of carbonyl (C=O) groups is 1. The van der Waals surface area contributed by atoms with E-state index in [2.05, 4.69) is 44.9 Å². The lowest BCUT2D eigenvalue weighted by atomic mass is 10.0. The van der Waals surface area contributed by atoms with Crippen LogP contribution in [0, 0.1) is 0 Å². The van der Waals surface area contributed by atoms with Crippen molar-refractivity contribution in [2.45, 2.75) is 5.33 Å². The fourth-order valence-electron chi connectivity index (χ4n) is 1.70. The van der Waals surface area contributed by atoms with Crippen LogP contribution in [0.25, 0.3) is 11.1 Å². The molecule has 2 aromatic carbocycles. The summed E-state index contributed by atoms with van der Waals surface area (Å²) in [6.45, 7) is 0. The molecule has 2 nitrogen and oxygen atoms in total. The maximum atomic E-state index is 11.3. The van der Waals surface area contributed by atoms with E-state index in [9.17, 15) is 4.79 Å². The number of hydrogen-bond donors (Lipinski definition) is 0. The minimum atomic E-state index is -0.309. The Morgan fingerprint density at radius 1 is 1.00 bits per heavy atom. The minimum absolute atomic E-state index is 0.309. The van der Waals surface area contributed by atoms with Crippen molar-refractivity contribution in [2.75, 3.05) is 7.11 Å². The third-order valence-electron chi connectivity index (χ3n) is 2.75. The van der Waals surface area contributed by atoms with Crippen LogP contribution >= 0.6 is 15.9 Å². The van der Waals surface area contributed by atoms with Gasteiger partial charge in [0.2, 0.25) is 0 Å². The van der Waals surface area contributed by atoms with Crippen LogP contribution in [0.1, 0.15) is 15.9 Å². The van der Waals surface area contributed by atoms with Gasteiger partial charge in [0, 0.05) is 5.33 Å². The normalized spacial score (nSPS) is 10.1. The summed E-state index contributed by atoms with van der Waals surface area (Å²) in [6, 6.07) is 15.7. The van der Waals surface area contributed by atoms with E-state index in [4.69, 9.17) is 0 Å². The van der Waals surface area contributed by atoms with Gasteiger partial charge < -0.3 is 4.74 Å². The highest BCUT2D eigenvalue weighted by molar-refractivity contribution is 9.08. The highest BCUT2D eigenvalue weighted by atomic mass is 79.9. The molecule has 3 heteroatoms. The van der Waals surface area contributed by atoms with E-state index in [0.717, 1.165) is 16.5 Å². The number of halogens is 1. The summed E-state index contributed by atoms with van der Waals surface area (Å²) in [5, 5.41) is 0.856. The summed E-state index contributed by atoms with van der Waals surface area (Å²) in [5.41, 5.74) is 4.03. The van der Waals surface area contributed by atoms with Gasteiger partial charge in [-0.25, -0.2) is 4.79 Å². The first-order valence-corrected chi connectivity index (χ1v) is 6.70. The molecule has 0 fully saturated rings. The maximum Gasteiger partial charge on any atom is 0.337 e. The van der Waals surface area contributed by atoms with Gasteiger partial charge in [-0.2, -0.15) is 0 Å². The second-order valence-electron chi connectivity index (χ2n) is 3.90. The molecule has 0 unspecified atom stereocenters. The molecule has 0 aromatic heterocycles. The number of alkyl halides is 1. The number of carbonyl (C=O) groups excluding carboxylic acids is 1. The fraction of sp³-hybridized carbons (Fsp3) is 0.133. The molecule has 92 valence electrons. The van der Waals surface area contributed by atoms with Crippen LogP contribution in [0.5, 0.6) is 0 Å². The number of benzene rings is 2. The zero-order valence-electron chi connectivity index (χ0n) is 10.0. The Bertz CT molecular complexity index is 529. The number of methoxy groups -OCH3 is 1. The van der Waals surface area contributed by atoms with Gasteiger partial charge >= 0.3 is 5.97 Å². The molecule has 2 aromatic rings. The predicted octanol–water partition coefficient (Wildman–Crippen LogP) is 4.04. The Kier molecular flexibility index (Phi) is 4.15. The molecule has 0 bridgehead atoms. The maximum absolute atomic E-state index is 11.3. The monoisotopic (exact) mass is 304 g/mol. The second-order valence-corrected chi connectivity index (χ2v) is 4.46. The van der Waals surface area contributed by atoms with E-state index in [0.29, 0.717) is 5.56 Å². The van der Waals surface area contributed by atoms with Crippen molar-refractivity contribution >= 4 is 21.9 Å². The molecule has 0 N–H and O–H groups in total. The third kappa shape index (κ3) is 2.79. The summed E-state index contributed by atoms with van der Waals surface area (Å²) >= 11 is 3.42. The van der Waals surface area contributed by atoms with Crippen molar-refractivity contribution in [3.8, 4) is 11.1 Å². The molecule has 0 amide bonds. The largest absolute Gasteiger partial charge is 0.465 e. The molecule has 0 aliphatic carbocycles. The van der Waals surface area contributed by atoms with Crippen LogP contribution in [-0.4, -0.2) is 13.1 Å². The van der Waals surface area contributed by atoms with Gasteiger partial charge in [-0.05, 0) is 28.8 Å². The molecule has 2 rings (SSSR count). The van der Waals surface area contributed by atoms with E-state index in [1.165, 1.54) is 12.7 Å². The SMILES string of the molecule is COC(=O)c1ccc(-c2ccc(CBr)cc2)cc1. The van der Waals surface area contributed by atoms with Crippen molar-refractivity contribution in [1.82, 2.24) is 0 Å². The van der Waals surface area contributed by atoms with Crippen LogP contribution in [-0.2, 0) is 10.1 Å². The van der Waals surface area contributed by atoms with Crippen LogP contribution < -0.4 is 0 Å². The Morgan fingerprint density at radius 2 is 1.50 bits per heavy atom. The van der Waals surface area contributed by atoms with E-state index in [1.54, 1.807) is 12.1 Å². The van der Waals surface area contributed by atoms with Crippen molar-refractivity contribution in [3.05, 3.63) is 59.7 Å². The summed E-state index contributed by atoms with van der Waals surface area (Å²) in [4.78, 5) is 11.3. The lowest BCUT2D eigenvalue weighted by molar-refractivity contribution is 0.0601. The Balaban J connectivity index is 2.25. The number of rotatable bonds is 3. The molecule has 0 saturated carbocycles. The molecule has 18 heavy (non-hydrogen) atoms. The van der Waals surface area contributed by atoms with Crippen molar-refractivity contribution < 1.29 is 9.53 Å². The van der Waals surface area contributed by atoms with Gasteiger partial charge in [-0.1, -0.05) is 52.3 Å². The number of esters is 1. The van der Waals surface area contributed by atoms with E-state index >= 15 is 0 Å². The van der Waals surface area contributed by atoms with E-state index in [-0.39, 0.29) is 5.97 Å². The van der Waals surface area contributed by atoms with Gasteiger partial charge in [0.05, 0.1) is 12.7 Å². The van der Waals surface area contributed by atoms with Gasteiger partial charge in [0.25, 0.3) is 0 Å². The molecule has 0 saturated heterocycles. The van der Waals surface area contributed by atoms with Crippen LogP contribution in [0.4, 0.5) is 0 Å². The smallest absolute Gasteiger partial charge is 0.337 e. The Morgan fingerprint density at radius 3 is 1.94 bits per heavy atom. The molecule has 0 spiro atoms. The van der Waals surface area contributed by atoms with Crippen LogP contribution in [0.15, 0.2) is 48.5 Å². The second kappa shape index (κ2) is 5.83. The molecular weight excluding hydrogens is 292 g/mol. The average Bonchev–Trinajstić information content (AvgIpc) is 2.47. The van der Waals surface area contributed by atoms with Gasteiger partial charge in [-0.3, -0.25) is 0 Å². The first-order chi connectivity index (χ1) is 8.74. The number of hydrogen-bond acceptors (Lipinski definition) is 2. The predicted molar refractivity (Wildman–Crippen MR) is 75.8 cm³/mol. The molecule has 0 radical (unpaired) electrons. The molecule has 0 heterocycles. The van der Waals surface area contributed by atoms with Crippen molar-refractivity contribution in [1.29, 1.82) is 0 Å². The number of ether oxygens (including phenoxy) is 1. The Hall–Kier alpha value is -1.61. The fourth-order valence-corrected chi connectivity index (χ4v) is 2.08. The van der Waals surface area contributed by atoms with Crippen molar-refractivity contribution in [3.63, 3.8) is 0 Å². The zero-order valence-corrected chi connectivity index (χ0v) is 11.6. The van der Waals surface area contributed by atoms with Crippen LogP contribution in [0.3, 0.4) is 0 Å². The lowest BCUT2D eigenvalue weighted by Gasteiger charge is -2.04. The minimum Gasteiger partial charge on any atom is -0.465 e. The van der Waals surface area contributed by atoms with E-state index < -0.39 is 0 Å². The highest BCUT2D eigenvalue weighted by Crippen LogP contribution is 2.21. The summed E-state index contributed by atoms with van der Waals surface area (Å²) in [6.07, 6.45) is 0. The summed E-state index contributed by atoms with van der Waals surface area (Å²) in [5.74, 6) is -0.309. The van der Waals surface area contributed by atoms with E-state index in [1.807, 2.05) is 12.1 Å². The lowest BCUT2D eigenvalue weighted by Crippen LogP contribution is -2.00. The average molecular weight is 305 g/mol. The summed E-state index contributed by atoms with van der Waals surface area (Å²) < 4.78 is 4.67. The highest BCUT2D eigenvalue weighted by Gasteiger charge is 2.05.